The van der Waals surface area contributed by atoms with E-state index in [1.807, 2.05) is 20.8 Å². The molecule has 0 radical (unpaired) electrons. The van der Waals surface area contributed by atoms with Gasteiger partial charge >= 0.3 is 0 Å². The second-order valence-electron chi connectivity index (χ2n) is 6.17. The van der Waals surface area contributed by atoms with Crippen LogP contribution in [0, 0.1) is 5.92 Å². The Bertz CT molecular complexity index is 319. The second kappa shape index (κ2) is 6.07. The Kier molecular flexibility index (Phi) is 4.99. The minimum Gasteiger partial charge on any atom is -0.370 e. The van der Waals surface area contributed by atoms with E-state index in [1.54, 1.807) is 0 Å². The first-order chi connectivity index (χ1) is 8.28. The highest BCUT2D eigenvalue weighted by Crippen LogP contribution is 2.14. The fourth-order valence-corrected chi connectivity index (χ4v) is 2.11. The van der Waals surface area contributed by atoms with Crippen molar-refractivity contribution >= 4 is 11.9 Å². The van der Waals surface area contributed by atoms with Crippen LogP contribution in [0.5, 0.6) is 0 Å². The third-order valence-corrected chi connectivity index (χ3v) is 2.88. The molecule has 18 heavy (non-hydrogen) atoms. The van der Waals surface area contributed by atoms with Crippen LogP contribution in [0.3, 0.4) is 0 Å². The van der Waals surface area contributed by atoms with Gasteiger partial charge in [-0.2, -0.15) is 0 Å². The van der Waals surface area contributed by atoms with Gasteiger partial charge in [0.1, 0.15) is 6.54 Å². The van der Waals surface area contributed by atoms with Gasteiger partial charge in [0.2, 0.25) is 5.91 Å². The molecule has 0 bridgehead atoms. The average molecular weight is 254 g/mol. The van der Waals surface area contributed by atoms with E-state index < -0.39 is 0 Å². The molecule has 0 aromatic rings. The van der Waals surface area contributed by atoms with Crippen LogP contribution >= 0.6 is 0 Å². The number of hydrogen-bond acceptors (Lipinski definition) is 2. The molecule has 0 aromatic heterocycles. The van der Waals surface area contributed by atoms with Crippen molar-refractivity contribution in [3.05, 3.63) is 0 Å². The summed E-state index contributed by atoms with van der Waals surface area (Å²) in [7, 11) is 0. The molecule has 1 amide bonds. The molecule has 0 spiro atoms. The zero-order valence-electron chi connectivity index (χ0n) is 12.0. The molecule has 0 aliphatic carbocycles. The summed E-state index contributed by atoms with van der Waals surface area (Å²) in [6, 6.07) is 0. The highest BCUT2D eigenvalue weighted by molar-refractivity contribution is 5.84. The Labute approximate surface area is 110 Å². The topological polar surface area (TPSA) is 70.7 Å². The molecule has 5 heteroatoms. The SMILES string of the molecule is CC1CCCN(C(N)=NCC(=O)NC(C)(C)C)C1. The van der Waals surface area contributed by atoms with Crippen LogP contribution in [0.25, 0.3) is 0 Å². The molecule has 0 saturated carbocycles. The Morgan fingerprint density at radius 2 is 2.17 bits per heavy atom. The number of likely N-dealkylation sites (tertiary alicyclic amines) is 1. The lowest BCUT2D eigenvalue weighted by molar-refractivity contribution is -0.121. The predicted molar refractivity (Wildman–Crippen MR) is 74.4 cm³/mol. The molecule has 1 aliphatic heterocycles. The van der Waals surface area contributed by atoms with Gasteiger partial charge in [-0.25, -0.2) is 4.99 Å². The Morgan fingerprint density at radius 3 is 2.72 bits per heavy atom. The lowest BCUT2D eigenvalue weighted by Crippen LogP contribution is -2.45. The highest BCUT2D eigenvalue weighted by atomic mass is 16.2. The van der Waals surface area contributed by atoms with Crippen molar-refractivity contribution in [3.63, 3.8) is 0 Å². The monoisotopic (exact) mass is 254 g/mol. The minimum atomic E-state index is -0.221. The Hall–Kier alpha value is -1.26. The first-order valence-corrected chi connectivity index (χ1v) is 6.64. The summed E-state index contributed by atoms with van der Waals surface area (Å²) in [6.45, 7) is 10.1. The van der Waals surface area contributed by atoms with Gasteiger partial charge in [-0.05, 0) is 39.5 Å². The number of piperidine rings is 1. The number of nitrogens with zero attached hydrogens (tertiary/aromatic N) is 2. The number of carbonyl (C=O) groups excluding carboxylic acids is 1. The van der Waals surface area contributed by atoms with Gasteiger partial charge < -0.3 is 16.0 Å². The average Bonchev–Trinajstić information content (AvgIpc) is 2.23. The molecule has 1 rings (SSSR count). The molecule has 1 fully saturated rings. The van der Waals surface area contributed by atoms with E-state index in [-0.39, 0.29) is 18.0 Å². The standard InChI is InChI=1S/C13H26N4O/c1-10-6-5-7-17(9-10)12(14)15-8-11(18)16-13(2,3)4/h10H,5-9H2,1-4H3,(H2,14,15)(H,16,18). The van der Waals surface area contributed by atoms with Crippen LogP contribution in [0.4, 0.5) is 0 Å². The van der Waals surface area contributed by atoms with E-state index in [0.29, 0.717) is 11.9 Å². The highest BCUT2D eigenvalue weighted by Gasteiger charge is 2.18. The van der Waals surface area contributed by atoms with Crippen molar-refractivity contribution < 1.29 is 4.79 Å². The minimum absolute atomic E-state index is 0.0875. The van der Waals surface area contributed by atoms with E-state index >= 15 is 0 Å². The molecule has 1 unspecified atom stereocenters. The first-order valence-electron chi connectivity index (χ1n) is 6.64. The summed E-state index contributed by atoms with van der Waals surface area (Å²) in [6.07, 6.45) is 2.39. The van der Waals surface area contributed by atoms with E-state index in [4.69, 9.17) is 5.73 Å². The number of nitrogens with one attached hydrogen (secondary N) is 1. The van der Waals surface area contributed by atoms with Gasteiger partial charge in [0.25, 0.3) is 0 Å². The number of carbonyl (C=O) groups is 1. The van der Waals surface area contributed by atoms with E-state index in [0.717, 1.165) is 19.5 Å². The number of aliphatic imine (C=N–C) groups is 1. The largest absolute Gasteiger partial charge is 0.370 e. The summed E-state index contributed by atoms with van der Waals surface area (Å²) in [5.41, 5.74) is 5.70. The maximum absolute atomic E-state index is 11.6. The zero-order valence-corrected chi connectivity index (χ0v) is 12.0. The van der Waals surface area contributed by atoms with Crippen LogP contribution in [0.1, 0.15) is 40.5 Å². The van der Waals surface area contributed by atoms with Gasteiger partial charge in [0.05, 0.1) is 0 Å². The first kappa shape index (κ1) is 14.8. The van der Waals surface area contributed by atoms with Crippen LogP contribution in [0.15, 0.2) is 4.99 Å². The van der Waals surface area contributed by atoms with Crippen molar-refractivity contribution in [1.82, 2.24) is 10.2 Å². The fourth-order valence-electron chi connectivity index (χ4n) is 2.11. The summed E-state index contributed by atoms with van der Waals surface area (Å²) >= 11 is 0. The second-order valence-corrected chi connectivity index (χ2v) is 6.17. The number of amides is 1. The third-order valence-electron chi connectivity index (χ3n) is 2.88. The summed E-state index contributed by atoms with van der Waals surface area (Å²) in [4.78, 5) is 17.9. The molecule has 5 nitrogen and oxygen atoms in total. The molecule has 1 aliphatic rings. The van der Waals surface area contributed by atoms with E-state index in [9.17, 15) is 4.79 Å². The maximum atomic E-state index is 11.6. The van der Waals surface area contributed by atoms with Crippen molar-refractivity contribution in [1.29, 1.82) is 0 Å². The van der Waals surface area contributed by atoms with Gasteiger partial charge in [0.15, 0.2) is 5.96 Å². The van der Waals surface area contributed by atoms with Crippen LogP contribution in [0.2, 0.25) is 0 Å². The quantitative estimate of drug-likeness (QED) is 0.569. The lowest BCUT2D eigenvalue weighted by Gasteiger charge is -2.31. The molecule has 1 atom stereocenters. The third kappa shape index (κ3) is 5.38. The summed E-state index contributed by atoms with van der Waals surface area (Å²) in [5, 5.41) is 2.87. The number of nitrogens with two attached hydrogens (primary N) is 1. The van der Waals surface area contributed by atoms with Gasteiger partial charge in [-0.1, -0.05) is 6.92 Å². The lowest BCUT2D eigenvalue weighted by atomic mass is 10.0. The van der Waals surface area contributed by atoms with Crippen molar-refractivity contribution in [2.45, 2.75) is 46.1 Å². The normalized spacial score (nSPS) is 21.9. The van der Waals surface area contributed by atoms with Crippen LogP contribution in [-0.4, -0.2) is 41.9 Å². The molecular formula is C13H26N4O. The molecule has 104 valence electrons. The summed E-state index contributed by atoms with van der Waals surface area (Å²) in [5.74, 6) is 1.05. The number of guanidine groups is 1. The van der Waals surface area contributed by atoms with Crippen LogP contribution < -0.4 is 11.1 Å². The van der Waals surface area contributed by atoms with E-state index in [2.05, 4.69) is 22.1 Å². The summed E-state index contributed by atoms with van der Waals surface area (Å²) < 4.78 is 0. The molecular weight excluding hydrogens is 228 g/mol. The smallest absolute Gasteiger partial charge is 0.242 e. The van der Waals surface area contributed by atoms with Gasteiger partial charge in [-0.3, -0.25) is 4.79 Å². The van der Waals surface area contributed by atoms with Crippen molar-refractivity contribution in [3.8, 4) is 0 Å². The molecule has 1 saturated heterocycles. The van der Waals surface area contributed by atoms with Crippen molar-refractivity contribution in [2.75, 3.05) is 19.6 Å². The Balaban J connectivity index is 2.43. The molecule has 1 heterocycles. The zero-order chi connectivity index (χ0) is 13.8. The molecule has 3 N–H and O–H groups in total. The van der Waals surface area contributed by atoms with Crippen molar-refractivity contribution in [2.24, 2.45) is 16.6 Å². The Morgan fingerprint density at radius 1 is 1.50 bits per heavy atom. The number of hydrogen-bond donors (Lipinski definition) is 2. The van der Waals surface area contributed by atoms with E-state index in [1.165, 1.54) is 6.42 Å². The van der Waals surface area contributed by atoms with Crippen LogP contribution in [-0.2, 0) is 4.79 Å². The van der Waals surface area contributed by atoms with Gasteiger partial charge in [0, 0.05) is 18.6 Å². The van der Waals surface area contributed by atoms with Gasteiger partial charge in [-0.15, -0.1) is 0 Å². The molecule has 0 aromatic carbocycles. The fraction of sp³-hybridized carbons (Fsp3) is 0.846. The number of rotatable bonds is 2. The predicted octanol–water partition coefficient (Wildman–Crippen LogP) is 0.948. The maximum Gasteiger partial charge on any atom is 0.242 e.